The molecule has 0 radical (unpaired) electrons. The predicted octanol–water partition coefficient (Wildman–Crippen LogP) is 1.08. The Bertz CT molecular complexity index is 862. The molecule has 7 nitrogen and oxygen atoms in total. The van der Waals surface area contributed by atoms with Crippen LogP contribution in [0.15, 0.2) is 30.3 Å². The topological polar surface area (TPSA) is 73.3 Å². The maximum absolute atomic E-state index is 12.9. The van der Waals surface area contributed by atoms with Crippen LogP contribution in [0.1, 0.15) is 36.3 Å². The van der Waals surface area contributed by atoms with E-state index < -0.39 is 0 Å². The Morgan fingerprint density at radius 2 is 1.94 bits per heavy atom. The molecular formula is C24H31N3O4. The van der Waals surface area contributed by atoms with Crippen molar-refractivity contribution in [1.82, 2.24) is 14.7 Å². The molecule has 3 atom stereocenters. The summed E-state index contributed by atoms with van der Waals surface area (Å²) in [6.45, 7) is 3.72. The van der Waals surface area contributed by atoms with Gasteiger partial charge < -0.3 is 19.6 Å². The number of hydrogen-bond donors (Lipinski definition) is 1. The highest BCUT2D eigenvalue weighted by atomic mass is 16.5. The summed E-state index contributed by atoms with van der Waals surface area (Å²) in [7, 11) is 0. The number of fused-ring (bicyclic) bond motifs is 1. The van der Waals surface area contributed by atoms with Crippen molar-refractivity contribution < 1.29 is 19.4 Å². The van der Waals surface area contributed by atoms with Gasteiger partial charge in [0.2, 0.25) is 11.8 Å². The molecule has 0 bridgehead atoms. The zero-order valence-corrected chi connectivity index (χ0v) is 17.9. The van der Waals surface area contributed by atoms with Gasteiger partial charge in [-0.2, -0.15) is 0 Å². The molecule has 0 spiro atoms. The SMILES string of the molecule is O=C(CN1CCOCC1)N1CC(=O)N2[C@@H](CO)[C@H](c3ccc(C4=CCCC4)cc3)[C@@H]2C1. The molecule has 1 aromatic carbocycles. The van der Waals surface area contributed by atoms with Crippen molar-refractivity contribution in [2.24, 2.45) is 0 Å². The van der Waals surface area contributed by atoms with Gasteiger partial charge in [-0.1, -0.05) is 30.3 Å². The number of carbonyl (C=O) groups excluding carboxylic acids is 2. The molecule has 1 aromatic rings. The molecule has 3 aliphatic heterocycles. The Hall–Kier alpha value is -2.22. The fourth-order valence-corrected chi connectivity index (χ4v) is 5.59. The smallest absolute Gasteiger partial charge is 0.242 e. The molecule has 2 amide bonds. The summed E-state index contributed by atoms with van der Waals surface area (Å²) in [6.07, 6.45) is 5.82. The molecule has 0 unspecified atom stereocenters. The van der Waals surface area contributed by atoms with E-state index in [1.165, 1.54) is 17.6 Å². The van der Waals surface area contributed by atoms with Gasteiger partial charge in [0.25, 0.3) is 0 Å². The minimum absolute atomic E-state index is 0.00427. The lowest BCUT2D eigenvalue weighted by Gasteiger charge is -2.58. The first-order chi connectivity index (χ1) is 15.2. The number of morpholine rings is 1. The zero-order chi connectivity index (χ0) is 21.4. The summed E-state index contributed by atoms with van der Waals surface area (Å²) >= 11 is 0. The average molecular weight is 426 g/mol. The van der Waals surface area contributed by atoms with Crippen LogP contribution in [0.25, 0.3) is 5.57 Å². The van der Waals surface area contributed by atoms with Crippen molar-refractivity contribution >= 4 is 17.4 Å². The summed E-state index contributed by atoms with van der Waals surface area (Å²) in [5, 5.41) is 9.99. The molecule has 5 rings (SSSR count). The molecule has 7 heteroatoms. The Morgan fingerprint density at radius 3 is 2.61 bits per heavy atom. The number of piperazine rings is 1. The lowest BCUT2D eigenvalue weighted by atomic mass is 9.73. The van der Waals surface area contributed by atoms with E-state index in [1.54, 1.807) is 9.80 Å². The molecule has 1 N–H and O–H groups in total. The minimum atomic E-state index is -0.203. The summed E-state index contributed by atoms with van der Waals surface area (Å²) in [6, 6.07) is 8.33. The van der Waals surface area contributed by atoms with Crippen LogP contribution in [0.4, 0.5) is 0 Å². The largest absolute Gasteiger partial charge is 0.394 e. The van der Waals surface area contributed by atoms with Crippen LogP contribution >= 0.6 is 0 Å². The van der Waals surface area contributed by atoms with Crippen molar-refractivity contribution in [1.29, 1.82) is 0 Å². The summed E-state index contributed by atoms with van der Waals surface area (Å²) in [5.41, 5.74) is 3.81. The normalized spacial score (nSPS) is 28.9. The molecular weight excluding hydrogens is 394 g/mol. The highest BCUT2D eigenvalue weighted by Gasteiger charge is 2.54. The van der Waals surface area contributed by atoms with Crippen molar-refractivity contribution in [3.63, 3.8) is 0 Å². The number of nitrogens with zero attached hydrogens (tertiary/aromatic N) is 3. The quantitative estimate of drug-likeness (QED) is 0.765. The molecule has 3 heterocycles. The Balaban J connectivity index is 1.30. The summed E-state index contributed by atoms with van der Waals surface area (Å²) in [5.74, 6) is -0.00114. The third kappa shape index (κ3) is 3.90. The van der Waals surface area contributed by atoms with Crippen LogP contribution in [-0.4, -0.2) is 96.2 Å². The van der Waals surface area contributed by atoms with E-state index in [4.69, 9.17) is 4.74 Å². The number of ether oxygens (including phenoxy) is 1. The first-order valence-corrected chi connectivity index (χ1v) is 11.4. The van der Waals surface area contributed by atoms with Gasteiger partial charge in [-0.05, 0) is 36.0 Å². The van der Waals surface area contributed by atoms with Crippen LogP contribution < -0.4 is 0 Å². The molecule has 4 aliphatic rings. The second-order valence-electron chi connectivity index (χ2n) is 9.05. The van der Waals surface area contributed by atoms with Crippen LogP contribution in [0.5, 0.6) is 0 Å². The third-order valence-electron chi connectivity index (χ3n) is 7.27. The average Bonchev–Trinajstić information content (AvgIpc) is 3.31. The Morgan fingerprint density at radius 1 is 1.16 bits per heavy atom. The number of benzene rings is 1. The number of carbonyl (C=O) groups is 2. The van der Waals surface area contributed by atoms with E-state index in [-0.39, 0.29) is 43.0 Å². The van der Waals surface area contributed by atoms with Gasteiger partial charge >= 0.3 is 0 Å². The minimum Gasteiger partial charge on any atom is -0.394 e. The molecule has 31 heavy (non-hydrogen) atoms. The lowest BCUT2D eigenvalue weighted by molar-refractivity contribution is -0.167. The van der Waals surface area contributed by atoms with Gasteiger partial charge in [-0.25, -0.2) is 0 Å². The second-order valence-corrected chi connectivity index (χ2v) is 9.05. The molecule has 0 saturated carbocycles. The van der Waals surface area contributed by atoms with Gasteiger partial charge in [0.05, 0.1) is 45.0 Å². The monoisotopic (exact) mass is 425 g/mol. The van der Waals surface area contributed by atoms with E-state index in [9.17, 15) is 14.7 Å². The van der Waals surface area contributed by atoms with Gasteiger partial charge in [0.15, 0.2) is 0 Å². The Labute approximate surface area is 183 Å². The molecule has 3 fully saturated rings. The highest BCUT2D eigenvalue weighted by Crippen LogP contribution is 2.43. The summed E-state index contributed by atoms with van der Waals surface area (Å²) in [4.78, 5) is 31.3. The van der Waals surface area contributed by atoms with Crippen LogP contribution in [0.3, 0.4) is 0 Å². The van der Waals surface area contributed by atoms with Gasteiger partial charge in [-0.15, -0.1) is 0 Å². The van der Waals surface area contributed by atoms with Crippen LogP contribution in [0, 0.1) is 0 Å². The van der Waals surface area contributed by atoms with E-state index in [1.807, 2.05) is 0 Å². The number of aliphatic hydroxyl groups excluding tert-OH is 1. The maximum Gasteiger partial charge on any atom is 0.242 e. The second kappa shape index (κ2) is 8.73. The molecule has 3 saturated heterocycles. The predicted molar refractivity (Wildman–Crippen MR) is 116 cm³/mol. The van der Waals surface area contributed by atoms with Crippen molar-refractivity contribution in [2.45, 2.75) is 37.3 Å². The van der Waals surface area contributed by atoms with Gasteiger partial charge in [0.1, 0.15) is 0 Å². The van der Waals surface area contributed by atoms with E-state index in [0.29, 0.717) is 26.3 Å². The summed E-state index contributed by atoms with van der Waals surface area (Å²) < 4.78 is 5.36. The maximum atomic E-state index is 12.9. The van der Waals surface area contributed by atoms with Gasteiger partial charge in [-0.3, -0.25) is 14.5 Å². The number of rotatable bonds is 5. The first kappa shape index (κ1) is 20.7. The van der Waals surface area contributed by atoms with E-state index in [0.717, 1.165) is 31.5 Å². The first-order valence-electron chi connectivity index (χ1n) is 11.4. The Kier molecular flexibility index (Phi) is 5.82. The number of allylic oxidation sites excluding steroid dienone is 2. The fraction of sp³-hybridized carbons (Fsp3) is 0.583. The van der Waals surface area contributed by atoms with E-state index >= 15 is 0 Å². The molecule has 1 aliphatic carbocycles. The van der Waals surface area contributed by atoms with Gasteiger partial charge in [0, 0.05) is 25.6 Å². The van der Waals surface area contributed by atoms with Crippen molar-refractivity contribution in [2.75, 3.05) is 52.5 Å². The standard InChI is InChI=1S/C24H31N3O4/c28-16-21-24(19-7-5-18(6-8-19)17-3-1-2-4-17)20-13-26(15-23(30)27(20)21)22(29)14-25-9-11-31-12-10-25/h3,5-8,20-21,24,28H,1-2,4,9-16H2/t20-,21-,24+/m0/s1. The number of aliphatic hydroxyl groups is 1. The lowest BCUT2D eigenvalue weighted by Crippen LogP contribution is -2.73. The number of amides is 2. The number of hydrogen-bond acceptors (Lipinski definition) is 5. The van der Waals surface area contributed by atoms with Crippen molar-refractivity contribution in [3.05, 3.63) is 41.5 Å². The zero-order valence-electron chi connectivity index (χ0n) is 17.9. The van der Waals surface area contributed by atoms with Crippen LogP contribution in [0.2, 0.25) is 0 Å². The molecule has 0 aromatic heterocycles. The highest BCUT2D eigenvalue weighted by molar-refractivity contribution is 5.88. The van der Waals surface area contributed by atoms with E-state index in [2.05, 4.69) is 35.2 Å². The molecule has 166 valence electrons. The fourth-order valence-electron chi connectivity index (χ4n) is 5.59. The third-order valence-corrected chi connectivity index (χ3v) is 7.27. The van der Waals surface area contributed by atoms with Crippen LogP contribution in [-0.2, 0) is 14.3 Å². The van der Waals surface area contributed by atoms with Crippen molar-refractivity contribution in [3.8, 4) is 0 Å².